The van der Waals surface area contributed by atoms with Crippen LogP contribution in [0.15, 0.2) is 24.5 Å². The lowest BCUT2D eigenvalue weighted by Crippen LogP contribution is -2.09. The summed E-state index contributed by atoms with van der Waals surface area (Å²) in [5.41, 5.74) is 10.4. The van der Waals surface area contributed by atoms with Gasteiger partial charge in [0, 0.05) is 12.2 Å². The molecule has 1 heterocycles. The zero-order valence-electron chi connectivity index (χ0n) is 21.4. The third kappa shape index (κ3) is 10.4. The number of unbranched alkanes of at least 4 members (excludes halogenated alkanes) is 13. The number of anilines is 4. The van der Waals surface area contributed by atoms with Crippen molar-refractivity contribution >= 4 is 23.0 Å². The molecule has 33 heavy (non-hydrogen) atoms. The van der Waals surface area contributed by atoms with Gasteiger partial charge >= 0.3 is 0 Å². The van der Waals surface area contributed by atoms with E-state index in [-0.39, 0.29) is 0 Å². The van der Waals surface area contributed by atoms with Gasteiger partial charge in [0.15, 0.2) is 11.6 Å². The zero-order valence-corrected chi connectivity index (χ0v) is 21.4. The van der Waals surface area contributed by atoms with Gasteiger partial charge in [-0.05, 0) is 37.5 Å². The molecule has 0 amide bonds. The maximum Gasteiger partial charge on any atom is 0.159 e. The first-order valence-corrected chi connectivity index (χ1v) is 13.3. The maximum atomic E-state index is 6.33. The molecule has 5 heteroatoms. The highest BCUT2D eigenvalue weighted by molar-refractivity contribution is 5.78. The summed E-state index contributed by atoms with van der Waals surface area (Å²) < 4.78 is 0. The molecular weight excluding hydrogens is 406 g/mol. The summed E-state index contributed by atoms with van der Waals surface area (Å²) in [5, 5.41) is 6.75. The van der Waals surface area contributed by atoms with Gasteiger partial charge in [-0.3, -0.25) is 0 Å². The minimum Gasteiger partial charge on any atom is -0.393 e. The molecule has 0 fully saturated rings. The highest BCUT2D eigenvalue weighted by Crippen LogP contribution is 2.28. The van der Waals surface area contributed by atoms with Gasteiger partial charge in [-0.1, -0.05) is 103 Å². The third-order valence-electron chi connectivity index (χ3n) is 6.56. The lowest BCUT2D eigenvalue weighted by molar-refractivity contribution is 0.537. The molecule has 0 bridgehead atoms. The van der Waals surface area contributed by atoms with Crippen LogP contribution in [0.3, 0.4) is 0 Å². The monoisotopic (exact) mass is 453 g/mol. The summed E-state index contributed by atoms with van der Waals surface area (Å²) in [4.78, 5) is 8.68. The first kappa shape index (κ1) is 26.9. The van der Waals surface area contributed by atoms with Crippen LogP contribution in [0.2, 0.25) is 0 Å². The predicted octanol–water partition coefficient (Wildman–Crippen LogP) is 8.31. The molecule has 2 rings (SSSR count). The molecule has 0 unspecified atom stereocenters. The number of rotatable bonds is 18. The van der Waals surface area contributed by atoms with Gasteiger partial charge in [0.05, 0.1) is 0 Å². The van der Waals surface area contributed by atoms with Crippen LogP contribution in [0, 0.1) is 13.8 Å². The standard InChI is InChI=1S/C28H47N5/c1-4-5-6-7-8-9-10-11-12-13-14-15-16-17-21-30-27-26(29)28(32-22-31-27)33-25-20-18-19-23(2)24(25)3/h18-20,22H,4-17,21,29H2,1-3H3,(H2,30,31,32,33). The normalized spacial score (nSPS) is 11.0. The largest absolute Gasteiger partial charge is 0.393 e. The molecule has 0 saturated heterocycles. The van der Waals surface area contributed by atoms with Crippen molar-refractivity contribution in [1.82, 2.24) is 9.97 Å². The fraction of sp³-hybridized carbons (Fsp3) is 0.643. The van der Waals surface area contributed by atoms with Crippen LogP contribution in [0.25, 0.3) is 0 Å². The van der Waals surface area contributed by atoms with E-state index in [0.29, 0.717) is 17.3 Å². The Morgan fingerprint density at radius 3 is 1.88 bits per heavy atom. The van der Waals surface area contributed by atoms with Crippen molar-refractivity contribution in [2.75, 3.05) is 22.9 Å². The van der Waals surface area contributed by atoms with Crippen LogP contribution in [0.1, 0.15) is 108 Å². The van der Waals surface area contributed by atoms with Gasteiger partial charge in [-0.2, -0.15) is 0 Å². The Hall–Kier alpha value is -2.30. The van der Waals surface area contributed by atoms with Crippen molar-refractivity contribution in [3.05, 3.63) is 35.7 Å². The van der Waals surface area contributed by atoms with Crippen LogP contribution in [-0.2, 0) is 0 Å². The molecule has 4 N–H and O–H groups in total. The van der Waals surface area contributed by atoms with Gasteiger partial charge in [0.25, 0.3) is 0 Å². The summed E-state index contributed by atoms with van der Waals surface area (Å²) in [5.74, 6) is 1.37. The van der Waals surface area contributed by atoms with E-state index < -0.39 is 0 Å². The Kier molecular flexibility index (Phi) is 13.3. The molecular formula is C28H47N5. The lowest BCUT2D eigenvalue weighted by Gasteiger charge is -2.14. The van der Waals surface area contributed by atoms with E-state index >= 15 is 0 Å². The third-order valence-corrected chi connectivity index (χ3v) is 6.56. The first-order chi connectivity index (χ1) is 16.1. The molecule has 0 aliphatic heterocycles. The summed E-state index contributed by atoms with van der Waals surface area (Å²) in [6.45, 7) is 7.38. The summed E-state index contributed by atoms with van der Waals surface area (Å²) in [6.07, 6.45) is 20.8. The summed E-state index contributed by atoms with van der Waals surface area (Å²) in [6, 6.07) is 6.19. The number of nitrogen functional groups attached to an aromatic ring is 1. The smallest absolute Gasteiger partial charge is 0.159 e. The number of nitrogens with one attached hydrogen (secondary N) is 2. The van der Waals surface area contributed by atoms with Crippen molar-refractivity contribution in [1.29, 1.82) is 0 Å². The Balaban J connectivity index is 1.55. The van der Waals surface area contributed by atoms with E-state index in [4.69, 9.17) is 5.73 Å². The quantitative estimate of drug-likeness (QED) is 0.198. The van der Waals surface area contributed by atoms with E-state index in [1.165, 1.54) is 94.6 Å². The van der Waals surface area contributed by atoms with Crippen molar-refractivity contribution in [3.63, 3.8) is 0 Å². The van der Waals surface area contributed by atoms with Gasteiger partial charge in [-0.25, -0.2) is 9.97 Å². The zero-order chi connectivity index (χ0) is 23.7. The second-order valence-corrected chi connectivity index (χ2v) is 9.38. The highest BCUT2D eigenvalue weighted by Gasteiger charge is 2.09. The van der Waals surface area contributed by atoms with Gasteiger partial charge in [0.1, 0.15) is 12.0 Å². The van der Waals surface area contributed by atoms with E-state index in [1.54, 1.807) is 6.33 Å². The van der Waals surface area contributed by atoms with Gasteiger partial charge in [0.2, 0.25) is 0 Å². The Morgan fingerprint density at radius 1 is 0.727 bits per heavy atom. The van der Waals surface area contributed by atoms with Crippen LogP contribution < -0.4 is 16.4 Å². The molecule has 0 saturated carbocycles. The first-order valence-electron chi connectivity index (χ1n) is 13.3. The van der Waals surface area contributed by atoms with Gasteiger partial charge < -0.3 is 16.4 Å². The molecule has 0 radical (unpaired) electrons. The van der Waals surface area contributed by atoms with Crippen molar-refractivity contribution in [3.8, 4) is 0 Å². The molecule has 0 spiro atoms. The molecule has 1 aromatic heterocycles. The van der Waals surface area contributed by atoms with E-state index in [9.17, 15) is 0 Å². The topological polar surface area (TPSA) is 75.9 Å². The van der Waals surface area contributed by atoms with Crippen LogP contribution in [0.5, 0.6) is 0 Å². The van der Waals surface area contributed by atoms with Gasteiger partial charge in [-0.15, -0.1) is 0 Å². The highest BCUT2D eigenvalue weighted by atomic mass is 15.1. The fourth-order valence-corrected chi connectivity index (χ4v) is 4.18. The molecule has 0 atom stereocenters. The SMILES string of the molecule is CCCCCCCCCCCCCCCCNc1ncnc(Nc2cccc(C)c2C)c1N. The van der Waals surface area contributed by atoms with Crippen LogP contribution in [0.4, 0.5) is 23.0 Å². The number of hydrogen-bond acceptors (Lipinski definition) is 5. The van der Waals surface area contributed by atoms with Crippen LogP contribution >= 0.6 is 0 Å². The molecule has 0 aliphatic carbocycles. The summed E-state index contributed by atoms with van der Waals surface area (Å²) >= 11 is 0. The minimum absolute atomic E-state index is 0.573. The molecule has 2 aromatic rings. The number of hydrogen-bond donors (Lipinski definition) is 3. The average Bonchev–Trinajstić information content (AvgIpc) is 2.81. The van der Waals surface area contributed by atoms with E-state index in [2.05, 4.69) is 47.4 Å². The lowest BCUT2D eigenvalue weighted by atomic mass is 10.0. The molecule has 1 aromatic carbocycles. The number of nitrogens with two attached hydrogens (primary N) is 1. The summed E-state index contributed by atoms with van der Waals surface area (Å²) in [7, 11) is 0. The van der Waals surface area contributed by atoms with E-state index in [0.717, 1.165) is 18.7 Å². The fourth-order valence-electron chi connectivity index (χ4n) is 4.18. The van der Waals surface area contributed by atoms with Crippen molar-refractivity contribution in [2.45, 2.75) is 111 Å². The Labute approximate surface area is 202 Å². The Morgan fingerprint density at radius 2 is 1.27 bits per heavy atom. The predicted molar refractivity (Wildman–Crippen MR) is 144 cm³/mol. The van der Waals surface area contributed by atoms with Crippen molar-refractivity contribution < 1.29 is 0 Å². The van der Waals surface area contributed by atoms with Crippen molar-refractivity contribution in [2.24, 2.45) is 0 Å². The number of nitrogens with zero attached hydrogens (tertiary/aromatic N) is 2. The van der Waals surface area contributed by atoms with Crippen LogP contribution in [-0.4, -0.2) is 16.5 Å². The molecule has 5 nitrogen and oxygen atoms in total. The average molecular weight is 454 g/mol. The maximum absolute atomic E-state index is 6.33. The number of aryl methyl sites for hydroxylation is 1. The second kappa shape index (κ2) is 16.3. The second-order valence-electron chi connectivity index (χ2n) is 9.38. The van der Waals surface area contributed by atoms with E-state index in [1.807, 2.05) is 12.1 Å². The molecule has 184 valence electrons. The Bertz CT molecular complexity index is 790. The number of benzene rings is 1. The molecule has 0 aliphatic rings. The minimum atomic E-state index is 0.573. The number of aromatic nitrogens is 2.